The van der Waals surface area contributed by atoms with Crippen molar-refractivity contribution >= 4 is 11.9 Å². The minimum Gasteiger partial charge on any atom is -0.469 e. The first-order valence-electron chi connectivity index (χ1n) is 9.92. The van der Waals surface area contributed by atoms with Crippen LogP contribution in [0.4, 0.5) is 0 Å². The van der Waals surface area contributed by atoms with Gasteiger partial charge in [0.25, 0.3) is 0 Å². The van der Waals surface area contributed by atoms with Crippen LogP contribution >= 0.6 is 0 Å². The van der Waals surface area contributed by atoms with Crippen LogP contribution in [0.1, 0.15) is 37.7 Å². The van der Waals surface area contributed by atoms with Crippen molar-refractivity contribution in [1.29, 1.82) is 5.26 Å². The van der Waals surface area contributed by atoms with Crippen LogP contribution in [0.25, 0.3) is 0 Å². The molecule has 6 nitrogen and oxygen atoms in total. The van der Waals surface area contributed by atoms with Gasteiger partial charge in [0.1, 0.15) is 24.0 Å². The molecule has 1 heterocycles. The molecule has 1 aromatic carbocycles. The Labute approximate surface area is 176 Å². The Morgan fingerprint density at radius 2 is 1.93 bits per heavy atom. The lowest BCUT2D eigenvalue weighted by molar-refractivity contribution is -0.147. The van der Waals surface area contributed by atoms with Crippen molar-refractivity contribution in [3.8, 4) is 6.07 Å². The van der Waals surface area contributed by atoms with Gasteiger partial charge in [0.2, 0.25) is 0 Å². The van der Waals surface area contributed by atoms with Gasteiger partial charge in [-0.25, -0.2) is 4.79 Å². The third kappa shape index (κ3) is 4.80. The number of nitriles is 1. The lowest BCUT2D eigenvalue weighted by atomic mass is 10.1. The molecule has 156 valence electrons. The number of furan rings is 1. The normalized spacial score (nSPS) is 19.6. The molecule has 0 saturated heterocycles. The van der Waals surface area contributed by atoms with Crippen LogP contribution in [0.2, 0.25) is 0 Å². The molecule has 2 aromatic rings. The third-order valence-electron chi connectivity index (χ3n) is 5.44. The van der Waals surface area contributed by atoms with Crippen LogP contribution in [0.3, 0.4) is 0 Å². The zero-order valence-electron chi connectivity index (χ0n) is 17.4. The number of carbonyl (C=O) groups excluding carboxylic acids is 2. The van der Waals surface area contributed by atoms with Crippen molar-refractivity contribution < 1.29 is 23.5 Å². The van der Waals surface area contributed by atoms with Gasteiger partial charge in [-0.15, -0.1) is 0 Å². The molecule has 0 N–H and O–H groups in total. The first-order valence-corrected chi connectivity index (χ1v) is 9.92. The van der Waals surface area contributed by atoms with Gasteiger partial charge < -0.3 is 13.9 Å². The second-order valence-corrected chi connectivity index (χ2v) is 7.93. The lowest BCUT2D eigenvalue weighted by Gasteiger charge is -2.03. The predicted molar refractivity (Wildman–Crippen MR) is 109 cm³/mol. The summed E-state index contributed by atoms with van der Waals surface area (Å²) in [5.41, 5.74) is 1.45. The average Bonchev–Trinajstić information content (AvgIpc) is 3.03. The molecule has 0 amide bonds. The molecule has 1 unspecified atom stereocenters. The van der Waals surface area contributed by atoms with Crippen molar-refractivity contribution in [2.75, 3.05) is 6.61 Å². The molecule has 1 aliphatic rings. The van der Waals surface area contributed by atoms with Crippen molar-refractivity contribution in [2.45, 2.75) is 33.8 Å². The van der Waals surface area contributed by atoms with Crippen LogP contribution in [0.5, 0.6) is 0 Å². The summed E-state index contributed by atoms with van der Waals surface area (Å²) in [6, 6.07) is 13.7. The maximum atomic E-state index is 12.6. The molecule has 1 fully saturated rings. The molecule has 2 atom stereocenters. The molecule has 30 heavy (non-hydrogen) atoms. The van der Waals surface area contributed by atoms with Crippen LogP contribution in [0, 0.1) is 28.6 Å². The summed E-state index contributed by atoms with van der Waals surface area (Å²) in [4.78, 5) is 24.4. The number of benzene rings is 1. The second kappa shape index (κ2) is 9.00. The number of esters is 2. The van der Waals surface area contributed by atoms with Crippen LogP contribution < -0.4 is 0 Å². The molecular weight excluding hydrogens is 382 g/mol. The highest BCUT2D eigenvalue weighted by Gasteiger charge is 2.61. The van der Waals surface area contributed by atoms with E-state index < -0.39 is 11.9 Å². The second-order valence-electron chi connectivity index (χ2n) is 7.93. The summed E-state index contributed by atoms with van der Waals surface area (Å²) in [6.07, 6.45) is 3.79. The molecule has 0 radical (unpaired) electrons. The van der Waals surface area contributed by atoms with Gasteiger partial charge >= 0.3 is 11.9 Å². The van der Waals surface area contributed by atoms with Gasteiger partial charge in [0.15, 0.2) is 0 Å². The summed E-state index contributed by atoms with van der Waals surface area (Å²) in [7, 11) is 0. The van der Waals surface area contributed by atoms with Crippen molar-refractivity contribution in [3.05, 3.63) is 71.2 Å². The van der Waals surface area contributed by atoms with Gasteiger partial charge in [-0.3, -0.25) is 4.79 Å². The van der Waals surface area contributed by atoms with E-state index in [4.69, 9.17) is 13.9 Å². The zero-order chi connectivity index (χ0) is 21.7. The predicted octanol–water partition coefficient (Wildman–Crippen LogP) is 4.20. The lowest BCUT2D eigenvalue weighted by Crippen LogP contribution is -2.10. The molecule has 0 bridgehead atoms. The number of ether oxygens (including phenoxy) is 2. The number of rotatable bonds is 8. The molecule has 1 aromatic heterocycles. The van der Waals surface area contributed by atoms with Gasteiger partial charge in [-0.2, -0.15) is 5.26 Å². The fraction of sp³-hybridized carbons (Fsp3) is 0.375. The van der Waals surface area contributed by atoms with Crippen LogP contribution in [-0.2, 0) is 32.1 Å². The van der Waals surface area contributed by atoms with E-state index in [0.717, 1.165) is 16.9 Å². The number of hydrogen-bond donors (Lipinski definition) is 0. The molecule has 1 aliphatic carbocycles. The molecule has 0 spiro atoms. The van der Waals surface area contributed by atoms with E-state index >= 15 is 0 Å². The van der Waals surface area contributed by atoms with Gasteiger partial charge in [0, 0.05) is 12.0 Å². The maximum absolute atomic E-state index is 12.6. The van der Waals surface area contributed by atoms with E-state index in [2.05, 4.69) is 0 Å². The first kappa shape index (κ1) is 21.4. The first-order chi connectivity index (χ1) is 14.4. The van der Waals surface area contributed by atoms with E-state index in [1.807, 2.05) is 56.3 Å². The Balaban J connectivity index is 1.57. The van der Waals surface area contributed by atoms with Gasteiger partial charge in [-0.1, -0.05) is 50.3 Å². The summed E-state index contributed by atoms with van der Waals surface area (Å²) < 4.78 is 15.9. The van der Waals surface area contributed by atoms with Crippen molar-refractivity contribution in [2.24, 2.45) is 17.3 Å². The number of hydrogen-bond acceptors (Lipinski definition) is 6. The quantitative estimate of drug-likeness (QED) is 0.370. The fourth-order valence-electron chi connectivity index (χ4n) is 3.61. The highest BCUT2D eigenvalue weighted by atomic mass is 16.5. The summed E-state index contributed by atoms with van der Waals surface area (Å²) >= 11 is 0. The Kier molecular flexibility index (Phi) is 6.41. The van der Waals surface area contributed by atoms with Crippen LogP contribution in [0.15, 0.2) is 58.7 Å². The summed E-state index contributed by atoms with van der Waals surface area (Å²) in [5, 5.41) is 9.21. The number of allylic oxidation sites excluding steroid dienone is 1. The zero-order valence-corrected chi connectivity index (χ0v) is 17.4. The van der Waals surface area contributed by atoms with E-state index in [0.29, 0.717) is 6.42 Å². The number of carbonyl (C=O) groups is 2. The SMILES string of the molecule is CCOC(=O)C(C#N)=CC1[C@@H](C(=O)OCc2coc(Cc3ccccc3)c2)C1(C)C. The van der Waals surface area contributed by atoms with Crippen molar-refractivity contribution in [3.63, 3.8) is 0 Å². The van der Waals surface area contributed by atoms with Gasteiger partial charge in [-0.05, 0) is 29.9 Å². The summed E-state index contributed by atoms with van der Waals surface area (Å²) in [5.74, 6) is -0.881. The molecule has 1 saturated carbocycles. The molecule has 0 aliphatic heterocycles. The molecular formula is C24H25NO5. The smallest absolute Gasteiger partial charge is 0.348 e. The van der Waals surface area contributed by atoms with E-state index in [1.54, 1.807) is 13.2 Å². The average molecular weight is 407 g/mol. The van der Waals surface area contributed by atoms with Gasteiger partial charge in [0.05, 0.1) is 18.8 Å². The maximum Gasteiger partial charge on any atom is 0.348 e. The Hall–Kier alpha value is -3.33. The van der Waals surface area contributed by atoms with E-state index in [9.17, 15) is 14.9 Å². The standard InChI is InChI=1S/C24H25NO5/c1-4-28-22(26)18(13-25)12-20-21(24(20,2)3)23(27)30-15-17-11-19(29-14-17)10-16-8-6-5-7-9-16/h5-9,11-12,14,20-21H,4,10,15H2,1-3H3/t20?,21-/m0/s1. The Morgan fingerprint density at radius 1 is 1.20 bits per heavy atom. The minimum absolute atomic E-state index is 0.0781. The van der Waals surface area contributed by atoms with E-state index in [1.165, 1.54) is 6.08 Å². The highest BCUT2D eigenvalue weighted by molar-refractivity contribution is 5.93. The van der Waals surface area contributed by atoms with Crippen LogP contribution in [-0.4, -0.2) is 18.5 Å². The number of nitrogens with zero attached hydrogens (tertiary/aromatic N) is 1. The monoisotopic (exact) mass is 407 g/mol. The Morgan fingerprint density at radius 3 is 2.60 bits per heavy atom. The summed E-state index contributed by atoms with van der Waals surface area (Å²) in [6.45, 7) is 5.80. The molecule has 3 rings (SSSR count). The third-order valence-corrected chi connectivity index (χ3v) is 5.44. The van der Waals surface area contributed by atoms with Crippen molar-refractivity contribution in [1.82, 2.24) is 0 Å². The topological polar surface area (TPSA) is 89.5 Å². The van der Waals surface area contributed by atoms with E-state index in [-0.39, 0.29) is 36.1 Å². The highest BCUT2D eigenvalue weighted by Crippen LogP contribution is 2.59. The largest absolute Gasteiger partial charge is 0.469 e. The minimum atomic E-state index is -0.667. The fourth-order valence-corrected chi connectivity index (χ4v) is 3.61. The molecule has 6 heteroatoms. The Bertz CT molecular complexity index is 981.